The van der Waals surface area contributed by atoms with Crippen LogP contribution in [-0.2, 0) is 11.3 Å². The molecule has 6 nitrogen and oxygen atoms in total. The Bertz CT molecular complexity index is 773. The zero-order valence-corrected chi connectivity index (χ0v) is 12.3. The first kappa shape index (κ1) is 15.5. The van der Waals surface area contributed by atoms with Crippen molar-refractivity contribution in [1.29, 1.82) is 0 Å². The predicted octanol–water partition coefficient (Wildman–Crippen LogP) is 1.80. The van der Waals surface area contributed by atoms with Crippen molar-refractivity contribution in [3.05, 3.63) is 63.6 Å². The zero-order valence-electron chi connectivity index (χ0n) is 12.3. The number of benzene rings is 1. The van der Waals surface area contributed by atoms with Gasteiger partial charge in [0.25, 0.3) is 5.56 Å². The fourth-order valence-corrected chi connectivity index (χ4v) is 2.23. The number of anilines is 1. The number of carbonyl (C=O) groups excluding carboxylic acids is 1. The van der Waals surface area contributed by atoms with Crippen molar-refractivity contribution >= 4 is 17.6 Å². The van der Waals surface area contributed by atoms with Crippen molar-refractivity contribution in [2.24, 2.45) is 0 Å². The maximum absolute atomic E-state index is 12.0. The highest BCUT2D eigenvalue weighted by Crippen LogP contribution is 2.13. The third kappa shape index (κ3) is 3.60. The van der Waals surface area contributed by atoms with Gasteiger partial charge in [0.05, 0.1) is 0 Å². The number of pyridine rings is 1. The average molecular weight is 300 g/mol. The summed E-state index contributed by atoms with van der Waals surface area (Å²) in [5.74, 6) is -1.70. The molecule has 2 N–H and O–H groups in total. The van der Waals surface area contributed by atoms with Gasteiger partial charge >= 0.3 is 5.97 Å². The lowest BCUT2D eigenvalue weighted by Gasteiger charge is -2.09. The van der Waals surface area contributed by atoms with Crippen LogP contribution >= 0.6 is 0 Å². The van der Waals surface area contributed by atoms with Crippen LogP contribution in [0.4, 0.5) is 5.69 Å². The normalized spacial score (nSPS) is 10.3. The van der Waals surface area contributed by atoms with E-state index in [0.717, 1.165) is 15.7 Å². The molecule has 1 amide bonds. The molecule has 1 aromatic heterocycles. The van der Waals surface area contributed by atoms with Gasteiger partial charge in [-0.2, -0.15) is 0 Å². The largest absolute Gasteiger partial charge is 0.477 e. The second-order valence-electron chi connectivity index (χ2n) is 5.08. The average Bonchev–Trinajstić information content (AvgIpc) is 2.39. The monoisotopic (exact) mass is 300 g/mol. The van der Waals surface area contributed by atoms with Crippen molar-refractivity contribution < 1.29 is 14.7 Å². The fourth-order valence-electron chi connectivity index (χ4n) is 2.23. The summed E-state index contributed by atoms with van der Waals surface area (Å²) < 4.78 is 1.07. The molecule has 0 aliphatic rings. The molecule has 6 heteroatoms. The van der Waals surface area contributed by atoms with E-state index in [2.05, 4.69) is 5.32 Å². The van der Waals surface area contributed by atoms with Gasteiger partial charge in [-0.25, -0.2) is 4.79 Å². The lowest BCUT2D eigenvalue weighted by atomic mass is 10.1. The minimum Gasteiger partial charge on any atom is -0.477 e. The number of aromatic nitrogens is 1. The number of hydrogen-bond acceptors (Lipinski definition) is 3. The number of nitrogens with one attached hydrogen (secondary N) is 1. The molecule has 2 aromatic rings. The number of hydrogen-bond donors (Lipinski definition) is 2. The van der Waals surface area contributed by atoms with E-state index in [9.17, 15) is 14.4 Å². The first-order chi connectivity index (χ1) is 10.4. The maximum Gasteiger partial charge on any atom is 0.341 e. The standard InChI is InChI=1S/C16H16N2O4/c1-10-6-11(2)8-12(7-10)17-14(19)9-18-5-3-4-13(15(18)20)16(21)22/h3-8H,9H2,1-2H3,(H,17,19)(H,21,22). The topological polar surface area (TPSA) is 88.4 Å². The molecule has 0 aliphatic carbocycles. The van der Waals surface area contributed by atoms with E-state index in [0.29, 0.717) is 5.69 Å². The summed E-state index contributed by atoms with van der Waals surface area (Å²) in [6.45, 7) is 3.60. The molecule has 0 atom stereocenters. The molecule has 0 bridgehead atoms. The number of aryl methyl sites for hydroxylation is 2. The van der Waals surface area contributed by atoms with Gasteiger partial charge in [0, 0.05) is 11.9 Å². The van der Waals surface area contributed by atoms with Crippen LogP contribution in [0, 0.1) is 13.8 Å². The van der Waals surface area contributed by atoms with Crippen LogP contribution in [0.5, 0.6) is 0 Å². The van der Waals surface area contributed by atoms with E-state index in [1.54, 1.807) is 0 Å². The van der Waals surface area contributed by atoms with Crippen LogP contribution in [0.2, 0.25) is 0 Å². The Hall–Kier alpha value is -2.89. The summed E-state index contributed by atoms with van der Waals surface area (Å²) in [7, 11) is 0. The first-order valence-electron chi connectivity index (χ1n) is 6.67. The van der Waals surface area contributed by atoms with Gasteiger partial charge in [-0.3, -0.25) is 9.59 Å². The van der Waals surface area contributed by atoms with Crippen molar-refractivity contribution in [3.63, 3.8) is 0 Å². The van der Waals surface area contributed by atoms with Gasteiger partial charge in [0.2, 0.25) is 5.91 Å². The van der Waals surface area contributed by atoms with E-state index in [1.807, 2.05) is 32.0 Å². The highest BCUT2D eigenvalue weighted by molar-refractivity contribution is 5.91. The summed E-state index contributed by atoms with van der Waals surface area (Å²) in [5, 5.41) is 11.6. The summed E-state index contributed by atoms with van der Waals surface area (Å²) >= 11 is 0. The molecular weight excluding hydrogens is 284 g/mol. The van der Waals surface area contributed by atoms with Gasteiger partial charge in [0.15, 0.2) is 0 Å². The zero-order chi connectivity index (χ0) is 16.3. The SMILES string of the molecule is Cc1cc(C)cc(NC(=O)Cn2cccc(C(=O)O)c2=O)c1. The molecule has 114 valence electrons. The molecule has 0 unspecified atom stereocenters. The van der Waals surface area contributed by atoms with Gasteiger partial charge in [-0.05, 0) is 49.2 Å². The van der Waals surface area contributed by atoms with Crippen molar-refractivity contribution in [2.45, 2.75) is 20.4 Å². The molecule has 1 heterocycles. The molecule has 0 saturated heterocycles. The molecule has 0 saturated carbocycles. The number of carbonyl (C=O) groups is 2. The number of amides is 1. The van der Waals surface area contributed by atoms with E-state index in [1.165, 1.54) is 18.3 Å². The first-order valence-corrected chi connectivity index (χ1v) is 6.67. The van der Waals surface area contributed by atoms with Gasteiger partial charge < -0.3 is 15.0 Å². The van der Waals surface area contributed by atoms with Crippen LogP contribution in [0.3, 0.4) is 0 Å². The molecule has 0 radical (unpaired) electrons. The van der Waals surface area contributed by atoms with E-state index in [-0.39, 0.29) is 12.1 Å². The summed E-state index contributed by atoms with van der Waals surface area (Å²) in [5.41, 5.74) is 1.61. The number of aromatic carboxylic acids is 1. The smallest absolute Gasteiger partial charge is 0.341 e. The number of nitrogens with zero attached hydrogens (tertiary/aromatic N) is 1. The van der Waals surface area contributed by atoms with Crippen LogP contribution < -0.4 is 10.9 Å². The third-order valence-corrected chi connectivity index (χ3v) is 3.07. The third-order valence-electron chi connectivity index (χ3n) is 3.07. The van der Waals surface area contributed by atoms with Crippen LogP contribution in [0.15, 0.2) is 41.3 Å². The van der Waals surface area contributed by atoms with Crippen LogP contribution in [0.1, 0.15) is 21.5 Å². The number of carboxylic acid groups (broad SMARTS) is 1. The lowest BCUT2D eigenvalue weighted by Crippen LogP contribution is -2.30. The summed E-state index contributed by atoms with van der Waals surface area (Å²) in [4.78, 5) is 34.8. The molecular formula is C16H16N2O4. The highest BCUT2D eigenvalue weighted by atomic mass is 16.4. The number of rotatable bonds is 4. The second kappa shape index (κ2) is 6.26. The number of carboxylic acids is 1. The van der Waals surface area contributed by atoms with Crippen LogP contribution in [-0.4, -0.2) is 21.6 Å². The molecule has 2 rings (SSSR count). The van der Waals surface area contributed by atoms with Gasteiger partial charge in [-0.1, -0.05) is 6.07 Å². The Morgan fingerprint density at radius 2 is 1.82 bits per heavy atom. The second-order valence-corrected chi connectivity index (χ2v) is 5.08. The minimum absolute atomic E-state index is 0.243. The fraction of sp³-hybridized carbons (Fsp3) is 0.188. The summed E-state index contributed by atoms with van der Waals surface area (Å²) in [6.07, 6.45) is 1.38. The van der Waals surface area contributed by atoms with Crippen LogP contribution in [0.25, 0.3) is 0 Å². The molecule has 0 spiro atoms. The predicted molar refractivity (Wildman–Crippen MR) is 82.2 cm³/mol. The molecule has 22 heavy (non-hydrogen) atoms. The molecule has 0 fully saturated rings. The lowest BCUT2D eigenvalue weighted by molar-refractivity contribution is -0.116. The Labute approximate surface area is 127 Å². The Morgan fingerprint density at radius 3 is 2.41 bits per heavy atom. The highest BCUT2D eigenvalue weighted by Gasteiger charge is 2.12. The van der Waals surface area contributed by atoms with E-state index >= 15 is 0 Å². The Balaban J connectivity index is 2.17. The van der Waals surface area contributed by atoms with Crippen molar-refractivity contribution in [3.8, 4) is 0 Å². The van der Waals surface area contributed by atoms with E-state index in [4.69, 9.17) is 5.11 Å². The Morgan fingerprint density at radius 1 is 1.18 bits per heavy atom. The quantitative estimate of drug-likeness (QED) is 0.901. The molecule has 0 aliphatic heterocycles. The minimum atomic E-state index is -1.31. The van der Waals surface area contributed by atoms with Gasteiger partial charge in [-0.15, -0.1) is 0 Å². The van der Waals surface area contributed by atoms with Crippen molar-refractivity contribution in [2.75, 3.05) is 5.32 Å². The van der Waals surface area contributed by atoms with E-state index < -0.39 is 17.4 Å². The summed E-state index contributed by atoms with van der Waals surface area (Å²) in [6, 6.07) is 8.26. The Kier molecular flexibility index (Phi) is 4.41. The van der Waals surface area contributed by atoms with Crippen molar-refractivity contribution in [1.82, 2.24) is 4.57 Å². The van der Waals surface area contributed by atoms with Gasteiger partial charge in [0.1, 0.15) is 12.1 Å². The maximum atomic E-state index is 12.0. The molecule has 1 aromatic carbocycles.